The van der Waals surface area contributed by atoms with Crippen molar-refractivity contribution in [1.82, 2.24) is 4.98 Å². The van der Waals surface area contributed by atoms with Gasteiger partial charge in [-0.05, 0) is 46.8 Å². The number of pyridine rings is 1. The zero-order valence-electron chi connectivity index (χ0n) is 16.0. The van der Waals surface area contributed by atoms with Gasteiger partial charge in [0.2, 0.25) is 0 Å². The van der Waals surface area contributed by atoms with Gasteiger partial charge in [-0.1, -0.05) is 66.7 Å². The molecule has 0 aliphatic heterocycles. The first-order valence-electron chi connectivity index (χ1n) is 9.64. The molecule has 0 aliphatic carbocycles. The number of hydrogen-bond acceptors (Lipinski definition) is 2. The van der Waals surface area contributed by atoms with Gasteiger partial charge in [0.1, 0.15) is 11.5 Å². The van der Waals surface area contributed by atoms with Gasteiger partial charge in [-0.3, -0.25) is 4.79 Å². The van der Waals surface area contributed by atoms with Crippen LogP contribution >= 0.6 is 0 Å². The van der Waals surface area contributed by atoms with Crippen molar-refractivity contribution in [3.05, 3.63) is 109 Å². The molecule has 0 spiro atoms. The Morgan fingerprint density at radius 3 is 2.40 bits per heavy atom. The van der Waals surface area contributed by atoms with E-state index in [-0.39, 0.29) is 11.7 Å². The number of carbonyl (C=O) groups is 1. The van der Waals surface area contributed by atoms with Gasteiger partial charge in [0.25, 0.3) is 5.91 Å². The van der Waals surface area contributed by atoms with E-state index in [4.69, 9.17) is 0 Å². The molecule has 0 saturated carbocycles. The van der Waals surface area contributed by atoms with Crippen LogP contribution in [0.25, 0.3) is 32.8 Å². The molecule has 1 N–H and O–H groups in total. The number of hydrogen-bond donors (Lipinski definition) is 1. The normalized spacial score (nSPS) is 11.0. The van der Waals surface area contributed by atoms with E-state index in [2.05, 4.69) is 10.3 Å². The molecule has 0 bridgehead atoms. The van der Waals surface area contributed by atoms with Crippen LogP contribution in [0.2, 0.25) is 0 Å². The van der Waals surface area contributed by atoms with Crippen molar-refractivity contribution in [2.24, 2.45) is 0 Å². The highest BCUT2D eigenvalue weighted by Gasteiger charge is 2.13. The summed E-state index contributed by atoms with van der Waals surface area (Å²) in [6.07, 6.45) is 0. The fourth-order valence-corrected chi connectivity index (χ4v) is 3.72. The number of amides is 1. The molecule has 3 nitrogen and oxygen atoms in total. The molecule has 5 aromatic rings. The standard InChI is InChI=1S/C26H17FN2O/c27-20-10-3-9-19(16-20)21-11-4-7-18-8-5-13-23(25(18)21)29-26(30)24-15-14-17-6-1-2-12-22(17)28-24/h1-16H,(H,29,30). The van der Waals surface area contributed by atoms with Crippen molar-refractivity contribution < 1.29 is 9.18 Å². The fourth-order valence-electron chi connectivity index (χ4n) is 3.72. The number of anilines is 1. The van der Waals surface area contributed by atoms with E-state index in [1.165, 1.54) is 12.1 Å². The number of halogens is 1. The summed E-state index contributed by atoms with van der Waals surface area (Å²) in [5, 5.41) is 5.79. The Morgan fingerprint density at radius 2 is 1.53 bits per heavy atom. The van der Waals surface area contributed by atoms with Gasteiger partial charge < -0.3 is 5.32 Å². The van der Waals surface area contributed by atoms with Crippen LogP contribution in [0.15, 0.2) is 97.1 Å². The van der Waals surface area contributed by atoms with Crippen molar-refractivity contribution in [3.63, 3.8) is 0 Å². The highest BCUT2D eigenvalue weighted by molar-refractivity contribution is 6.12. The maximum atomic E-state index is 13.8. The van der Waals surface area contributed by atoms with E-state index in [1.54, 1.807) is 12.1 Å². The van der Waals surface area contributed by atoms with E-state index in [1.807, 2.05) is 72.8 Å². The zero-order chi connectivity index (χ0) is 20.5. The molecule has 5 rings (SSSR count). The Balaban J connectivity index is 1.59. The zero-order valence-corrected chi connectivity index (χ0v) is 16.0. The Labute approximate surface area is 172 Å². The summed E-state index contributed by atoms with van der Waals surface area (Å²) in [7, 11) is 0. The molecule has 0 aliphatic rings. The molecule has 0 fully saturated rings. The van der Waals surface area contributed by atoms with Crippen LogP contribution in [0.4, 0.5) is 10.1 Å². The molecular formula is C26H17FN2O. The third-order valence-electron chi connectivity index (χ3n) is 5.12. The van der Waals surface area contributed by atoms with Crippen LogP contribution in [0.5, 0.6) is 0 Å². The molecule has 1 heterocycles. The maximum Gasteiger partial charge on any atom is 0.274 e. The lowest BCUT2D eigenvalue weighted by Gasteiger charge is -2.13. The molecule has 0 radical (unpaired) electrons. The van der Waals surface area contributed by atoms with Gasteiger partial charge in [-0.25, -0.2) is 9.37 Å². The summed E-state index contributed by atoms with van der Waals surface area (Å²) in [4.78, 5) is 17.5. The lowest BCUT2D eigenvalue weighted by molar-refractivity contribution is 0.102. The van der Waals surface area contributed by atoms with Gasteiger partial charge in [0.05, 0.1) is 5.52 Å². The first-order valence-corrected chi connectivity index (χ1v) is 9.64. The van der Waals surface area contributed by atoms with Crippen LogP contribution in [0, 0.1) is 5.82 Å². The van der Waals surface area contributed by atoms with Gasteiger partial charge in [-0.2, -0.15) is 0 Å². The highest BCUT2D eigenvalue weighted by Crippen LogP contribution is 2.34. The second kappa shape index (κ2) is 7.41. The van der Waals surface area contributed by atoms with Crippen LogP contribution in [-0.4, -0.2) is 10.9 Å². The molecular weight excluding hydrogens is 375 g/mol. The fraction of sp³-hybridized carbons (Fsp3) is 0. The summed E-state index contributed by atoms with van der Waals surface area (Å²) in [6.45, 7) is 0. The number of aromatic nitrogens is 1. The van der Waals surface area contributed by atoms with Crippen molar-refractivity contribution in [1.29, 1.82) is 0 Å². The van der Waals surface area contributed by atoms with Crippen LogP contribution in [0.1, 0.15) is 10.5 Å². The maximum absolute atomic E-state index is 13.8. The van der Waals surface area contributed by atoms with E-state index in [0.717, 1.165) is 32.8 Å². The van der Waals surface area contributed by atoms with Crippen molar-refractivity contribution in [2.45, 2.75) is 0 Å². The summed E-state index contributed by atoms with van der Waals surface area (Å²) >= 11 is 0. The average Bonchev–Trinajstić information content (AvgIpc) is 2.78. The predicted octanol–water partition coefficient (Wildman–Crippen LogP) is 6.45. The number of fused-ring (bicyclic) bond motifs is 2. The largest absolute Gasteiger partial charge is 0.320 e. The van der Waals surface area contributed by atoms with Crippen LogP contribution in [0.3, 0.4) is 0 Å². The summed E-state index contributed by atoms with van der Waals surface area (Å²) in [6, 6.07) is 29.3. The number of nitrogens with zero attached hydrogens (tertiary/aromatic N) is 1. The molecule has 1 aromatic heterocycles. The number of carbonyl (C=O) groups excluding carboxylic acids is 1. The average molecular weight is 392 g/mol. The molecule has 4 aromatic carbocycles. The lowest BCUT2D eigenvalue weighted by Crippen LogP contribution is -2.14. The molecule has 0 atom stereocenters. The van der Waals surface area contributed by atoms with E-state index in [9.17, 15) is 9.18 Å². The minimum absolute atomic E-state index is 0.290. The topological polar surface area (TPSA) is 42.0 Å². The smallest absolute Gasteiger partial charge is 0.274 e. The van der Waals surface area contributed by atoms with Crippen LogP contribution in [-0.2, 0) is 0 Å². The third kappa shape index (κ3) is 3.29. The van der Waals surface area contributed by atoms with Crippen LogP contribution < -0.4 is 5.32 Å². The highest BCUT2D eigenvalue weighted by atomic mass is 19.1. The van der Waals surface area contributed by atoms with Gasteiger partial charge in [-0.15, -0.1) is 0 Å². The van der Waals surface area contributed by atoms with Gasteiger partial charge >= 0.3 is 0 Å². The quantitative estimate of drug-likeness (QED) is 0.383. The predicted molar refractivity (Wildman–Crippen MR) is 119 cm³/mol. The first kappa shape index (κ1) is 18.0. The van der Waals surface area contributed by atoms with E-state index >= 15 is 0 Å². The third-order valence-corrected chi connectivity index (χ3v) is 5.12. The lowest BCUT2D eigenvalue weighted by atomic mass is 9.97. The monoisotopic (exact) mass is 392 g/mol. The molecule has 0 unspecified atom stereocenters. The van der Waals surface area contributed by atoms with Gasteiger partial charge in [0.15, 0.2) is 0 Å². The molecule has 4 heteroatoms. The minimum Gasteiger partial charge on any atom is -0.320 e. The first-order chi connectivity index (χ1) is 14.7. The second-order valence-electron chi connectivity index (χ2n) is 7.06. The second-order valence-corrected chi connectivity index (χ2v) is 7.06. The minimum atomic E-state index is -0.300. The molecule has 1 amide bonds. The van der Waals surface area contributed by atoms with Crippen molar-refractivity contribution in [2.75, 3.05) is 5.32 Å². The Kier molecular flexibility index (Phi) is 4.45. The summed E-state index contributed by atoms with van der Waals surface area (Å²) in [5.41, 5.74) is 3.38. The molecule has 0 saturated heterocycles. The molecule has 30 heavy (non-hydrogen) atoms. The van der Waals surface area contributed by atoms with Crippen molar-refractivity contribution in [3.8, 4) is 11.1 Å². The number of para-hydroxylation sites is 1. The summed E-state index contributed by atoms with van der Waals surface area (Å²) < 4.78 is 13.8. The number of nitrogens with one attached hydrogen (secondary N) is 1. The number of benzene rings is 4. The molecule has 144 valence electrons. The van der Waals surface area contributed by atoms with Gasteiger partial charge in [0, 0.05) is 16.5 Å². The summed E-state index contributed by atoms with van der Waals surface area (Å²) in [5.74, 6) is -0.589. The van der Waals surface area contributed by atoms with Crippen molar-refractivity contribution >= 4 is 33.3 Å². The van der Waals surface area contributed by atoms with E-state index in [0.29, 0.717) is 11.4 Å². The Bertz CT molecular complexity index is 1410. The Morgan fingerprint density at radius 1 is 0.767 bits per heavy atom. The Hall–Kier alpha value is -4.05. The number of rotatable bonds is 3. The SMILES string of the molecule is O=C(Nc1cccc2cccc(-c3cccc(F)c3)c12)c1ccc2ccccc2n1. The van der Waals surface area contributed by atoms with E-state index < -0.39 is 0 Å².